The van der Waals surface area contributed by atoms with E-state index in [0.717, 1.165) is 16.6 Å². The lowest BCUT2D eigenvalue weighted by Gasteiger charge is -2.12. The lowest BCUT2D eigenvalue weighted by Crippen LogP contribution is -2.00. The van der Waals surface area contributed by atoms with Crippen LogP contribution in [-0.4, -0.2) is 24.2 Å². The van der Waals surface area contributed by atoms with E-state index >= 15 is 0 Å². The number of ether oxygens (including phenoxy) is 2. The van der Waals surface area contributed by atoms with Gasteiger partial charge in [0.05, 0.1) is 25.3 Å². The first-order chi connectivity index (χ1) is 10.2. The average Bonchev–Trinajstić information content (AvgIpc) is 2.53. The number of nitrogens with two attached hydrogens (primary N) is 1. The van der Waals surface area contributed by atoms with Gasteiger partial charge in [-0.2, -0.15) is 0 Å². The number of fused-ring (bicyclic) bond motifs is 1. The maximum Gasteiger partial charge on any atom is 0.150 e. The first kappa shape index (κ1) is 13.2. The zero-order valence-corrected chi connectivity index (χ0v) is 11.8. The van der Waals surface area contributed by atoms with Gasteiger partial charge in [-0.1, -0.05) is 12.1 Å². The van der Waals surface area contributed by atoms with Crippen LogP contribution in [0.25, 0.3) is 22.3 Å². The van der Waals surface area contributed by atoms with Crippen LogP contribution in [0.3, 0.4) is 0 Å². The normalized spacial score (nSPS) is 10.6. The van der Waals surface area contributed by atoms with E-state index in [-0.39, 0.29) is 0 Å². The van der Waals surface area contributed by atoms with Crippen LogP contribution in [-0.2, 0) is 0 Å². The number of anilines is 1. The topological polar surface area (TPSA) is 70.3 Å². The quantitative estimate of drug-likeness (QED) is 0.799. The van der Waals surface area contributed by atoms with Gasteiger partial charge >= 0.3 is 0 Å². The average molecular weight is 281 g/mol. The molecule has 0 bridgehead atoms. The fraction of sp³-hybridized carbons (Fsp3) is 0.125. The second-order valence-electron chi connectivity index (χ2n) is 4.51. The molecule has 0 spiro atoms. The first-order valence-corrected chi connectivity index (χ1v) is 6.47. The van der Waals surface area contributed by atoms with Crippen LogP contribution >= 0.6 is 0 Å². The zero-order chi connectivity index (χ0) is 14.8. The second-order valence-corrected chi connectivity index (χ2v) is 4.51. The minimum Gasteiger partial charge on any atom is -0.497 e. The van der Waals surface area contributed by atoms with E-state index in [1.165, 1.54) is 0 Å². The van der Waals surface area contributed by atoms with E-state index in [0.29, 0.717) is 23.0 Å². The van der Waals surface area contributed by atoms with Crippen LogP contribution in [0.4, 0.5) is 5.82 Å². The van der Waals surface area contributed by atoms with E-state index in [1.807, 2.05) is 36.4 Å². The number of para-hydroxylation sites is 2. The smallest absolute Gasteiger partial charge is 0.150 e. The maximum atomic E-state index is 6.05. The van der Waals surface area contributed by atoms with Crippen LogP contribution in [0.15, 0.2) is 42.5 Å². The molecule has 0 saturated carbocycles. The molecule has 0 radical (unpaired) electrons. The lowest BCUT2D eigenvalue weighted by atomic mass is 10.1. The number of nitrogens with zero attached hydrogens (tertiary/aromatic N) is 2. The number of hydrogen-bond donors (Lipinski definition) is 1. The van der Waals surface area contributed by atoms with Crippen LogP contribution in [0.5, 0.6) is 11.5 Å². The molecule has 0 unspecified atom stereocenters. The van der Waals surface area contributed by atoms with Gasteiger partial charge < -0.3 is 15.2 Å². The molecule has 0 fully saturated rings. The lowest BCUT2D eigenvalue weighted by molar-refractivity contribution is 0.395. The minimum absolute atomic E-state index is 0.372. The highest BCUT2D eigenvalue weighted by Gasteiger charge is 2.14. The summed E-state index contributed by atoms with van der Waals surface area (Å²) in [4.78, 5) is 9.00. The van der Waals surface area contributed by atoms with Gasteiger partial charge in [-0.25, -0.2) is 9.97 Å². The molecule has 5 heteroatoms. The van der Waals surface area contributed by atoms with Gasteiger partial charge in [0, 0.05) is 11.6 Å². The molecule has 0 aliphatic heterocycles. The Morgan fingerprint density at radius 1 is 0.905 bits per heavy atom. The van der Waals surface area contributed by atoms with Gasteiger partial charge in [0.1, 0.15) is 17.2 Å². The molecule has 3 aromatic rings. The summed E-state index contributed by atoms with van der Waals surface area (Å²) in [6, 6.07) is 13.1. The largest absolute Gasteiger partial charge is 0.497 e. The van der Waals surface area contributed by atoms with Gasteiger partial charge in [-0.05, 0) is 24.3 Å². The number of aromatic nitrogens is 2. The highest BCUT2D eigenvalue weighted by molar-refractivity contribution is 5.84. The molecule has 0 amide bonds. The molecule has 1 aromatic heterocycles. The second kappa shape index (κ2) is 5.28. The van der Waals surface area contributed by atoms with E-state index in [1.54, 1.807) is 20.3 Å². The van der Waals surface area contributed by atoms with Crippen molar-refractivity contribution in [2.45, 2.75) is 0 Å². The number of rotatable bonds is 3. The molecule has 2 aromatic carbocycles. The molecular formula is C16H15N3O2. The molecule has 3 rings (SSSR count). The van der Waals surface area contributed by atoms with Crippen molar-refractivity contribution in [3.63, 3.8) is 0 Å². The first-order valence-electron chi connectivity index (χ1n) is 6.47. The molecule has 5 nitrogen and oxygen atoms in total. The molecule has 106 valence electrons. The molecule has 0 aliphatic rings. The van der Waals surface area contributed by atoms with Crippen molar-refractivity contribution in [1.82, 2.24) is 9.97 Å². The third-order valence-electron chi connectivity index (χ3n) is 3.26. The Bertz CT molecular complexity index is 803. The summed E-state index contributed by atoms with van der Waals surface area (Å²) in [5, 5.41) is 0. The molecule has 0 atom stereocenters. The van der Waals surface area contributed by atoms with E-state index in [4.69, 9.17) is 15.2 Å². The molecule has 21 heavy (non-hydrogen) atoms. The Morgan fingerprint density at radius 2 is 1.62 bits per heavy atom. The standard InChI is InChI=1S/C16H15N3O2/c1-20-10-7-8-11(14(9-10)21-2)15-16(17)19-13-6-4-3-5-12(13)18-15/h3-9H,1-2H3,(H2,17,19). The number of hydrogen-bond acceptors (Lipinski definition) is 5. The van der Waals surface area contributed by atoms with Crippen molar-refractivity contribution >= 4 is 16.9 Å². The van der Waals surface area contributed by atoms with E-state index in [2.05, 4.69) is 9.97 Å². The van der Waals surface area contributed by atoms with Crippen LogP contribution in [0.2, 0.25) is 0 Å². The van der Waals surface area contributed by atoms with Crippen molar-refractivity contribution in [1.29, 1.82) is 0 Å². The van der Waals surface area contributed by atoms with Crippen molar-refractivity contribution in [3.05, 3.63) is 42.5 Å². The monoisotopic (exact) mass is 281 g/mol. The summed E-state index contributed by atoms with van der Waals surface area (Å²) in [5.74, 6) is 1.73. The predicted molar refractivity (Wildman–Crippen MR) is 82.5 cm³/mol. The zero-order valence-electron chi connectivity index (χ0n) is 11.8. The van der Waals surface area contributed by atoms with Gasteiger partial charge in [0.15, 0.2) is 5.82 Å². The highest BCUT2D eigenvalue weighted by Crippen LogP contribution is 2.35. The van der Waals surface area contributed by atoms with Crippen molar-refractivity contribution in [3.8, 4) is 22.8 Å². The Hall–Kier alpha value is -2.82. The van der Waals surface area contributed by atoms with Crippen molar-refractivity contribution in [2.24, 2.45) is 0 Å². The fourth-order valence-electron chi connectivity index (χ4n) is 2.21. The van der Waals surface area contributed by atoms with Crippen LogP contribution in [0.1, 0.15) is 0 Å². The Morgan fingerprint density at radius 3 is 2.29 bits per heavy atom. The summed E-state index contributed by atoms with van der Waals surface area (Å²) in [6.45, 7) is 0. The van der Waals surface area contributed by atoms with E-state index < -0.39 is 0 Å². The maximum absolute atomic E-state index is 6.05. The van der Waals surface area contributed by atoms with Gasteiger partial charge in [0.25, 0.3) is 0 Å². The molecular weight excluding hydrogens is 266 g/mol. The van der Waals surface area contributed by atoms with Gasteiger partial charge in [-0.3, -0.25) is 0 Å². The van der Waals surface area contributed by atoms with Crippen molar-refractivity contribution in [2.75, 3.05) is 20.0 Å². The summed E-state index contributed by atoms with van der Waals surface area (Å²) >= 11 is 0. The van der Waals surface area contributed by atoms with E-state index in [9.17, 15) is 0 Å². The summed E-state index contributed by atoms with van der Waals surface area (Å²) in [6.07, 6.45) is 0. The molecule has 2 N–H and O–H groups in total. The Kier molecular flexibility index (Phi) is 3.31. The van der Waals surface area contributed by atoms with Gasteiger partial charge in [-0.15, -0.1) is 0 Å². The molecule has 0 saturated heterocycles. The molecule has 1 heterocycles. The number of benzene rings is 2. The SMILES string of the molecule is COc1ccc(-c2nc3ccccc3nc2N)c(OC)c1. The van der Waals surface area contributed by atoms with Crippen LogP contribution < -0.4 is 15.2 Å². The minimum atomic E-state index is 0.372. The fourth-order valence-corrected chi connectivity index (χ4v) is 2.21. The Balaban J connectivity index is 2.22. The molecule has 0 aliphatic carbocycles. The third-order valence-corrected chi connectivity index (χ3v) is 3.26. The number of nitrogen functional groups attached to an aromatic ring is 1. The van der Waals surface area contributed by atoms with Crippen molar-refractivity contribution < 1.29 is 9.47 Å². The summed E-state index contributed by atoms with van der Waals surface area (Å²) in [7, 11) is 3.21. The summed E-state index contributed by atoms with van der Waals surface area (Å²) in [5.41, 5.74) is 9.00. The highest BCUT2D eigenvalue weighted by atomic mass is 16.5. The Labute approximate surface area is 122 Å². The third kappa shape index (κ3) is 2.33. The van der Waals surface area contributed by atoms with Gasteiger partial charge in [0.2, 0.25) is 0 Å². The summed E-state index contributed by atoms with van der Waals surface area (Å²) < 4.78 is 10.6. The predicted octanol–water partition coefficient (Wildman–Crippen LogP) is 2.90. The number of methoxy groups -OCH3 is 2. The van der Waals surface area contributed by atoms with Crippen LogP contribution in [0, 0.1) is 0 Å².